The maximum Gasteiger partial charge on any atom is 0.328 e. The number of carboxylic acid groups (broad SMARTS) is 2. The quantitative estimate of drug-likeness (QED) is 0.153. The third kappa shape index (κ3) is 11.3. The summed E-state index contributed by atoms with van der Waals surface area (Å²) in [5, 5.41) is 24.3. The highest BCUT2D eigenvalue weighted by molar-refractivity contribution is 5.89. The van der Waals surface area contributed by atoms with Gasteiger partial charge < -0.3 is 29.3 Å². The molecule has 12 heteroatoms. The van der Waals surface area contributed by atoms with Crippen LogP contribution < -0.4 is 4.74 Å². The first-order valence-electron chi connectivity index (χ1n) is 15.6. The van der Waals surface area contributed by atoms with E-state index in [-0.39, 0.29) is 17.6 Å². The number of benzene rings is 2. The van der Waals surface area contributed by atoms with Crippen molar-refractivity contribution in [2.45, 2.75) is 51.2 Å². The normalized spacial score (nSPS) is 14.3. The number of likely N-dealkylation sites (tertiary alicyclic amines) is 1. The highest BCUT2D eigenvalue weighted by Gasteiger charge is 2.25. The molecule has 1 aliphatic heterocycles. The van der Waals surface area contributed by atoms with Crippen molar-refractivity contribution < 1.29 is 34.0 Å². The van der Waals surface area contributed by atoms with Gasteiger partial charge in [-0.3, -0.25) is 0 Å². The zero-order chi connectivity index (χ0) is 33.6. The fourth-order valence-corrected chi connectivity index (χ4v) is 5.09. The molecule has 0 saturated carbocycles. The largest absolute Gasteiger partial charge is 0.478 e. The molecular weight excluding hydrogens is 602 g/mol. The van der Waals surface area contributed by atoms with Crippen LogP contribution in [0.4, 0.5) is 0 Å². The van der Waals surface area contributed by atoms with Gasteiger partial charge in [0.05, 0.1) is 19.3 Å². The summed E-state index contributed by atoms with van der Waals surface area (Å²) < 4.78 is 20.1. The van der Waals surface area contributed by atoms with Crippen molar-refractivity contribution in [1.29, 1.82) is 0 Å². The molecule has 4 aromatic rings. The Morgan fingerprint density at radius 3 is 2.06 bits per heavy atom. The first-order valence-corrected chi connectivity index (χ1v) is 15.6. The molecule has 1 fully saturated rings. The Kier molecular flexibility index (Phi) is 13.0. The standard InChI is InChI=1S/C31H39N5O3.C4H4O4/c1-31(2,3)27-22-28-32-23-33-36(28)34-30(27)38-21-20-37-19-18-35-16-14-26(15-17-35)39-29(24-10-6-4-7-11-24)25-12-8-5-9-13-25;5-3(6)1-2-4(7)8/h4-13,22-23,26,29H,14-21H2,1-3H3;1-2H,(H,5,6)(H,7,8). The van der Waals surface area contributed by atoms with E-state index in [4.69, 9.17) is 24.4 Å². The van der Waals surface area contributed by atoms with Gasteiger partial charge in [-0.05, 0) is 35.4 Å². The van der Waals surface area contributed by atoms with Crippen LogP contribution in [0.25, 0.3) is 5.65 Å². The van der Waals surface area contributed by atoms with Crippen molar-refractivity contribution in [3.63, 3.8) is 0 Å². The molecule has 3 heterocycles. The van der Waals surface area contributed by atoms with Crippen molar-refractivity contribution in [3.05, 3.63) is 102 Å². The van der Waals surface area contributed by atoms with Gasteiger partial charge in [0.2, 0.25) is 5.88 Å². The van der Waals surface area contributed by atoms with Crippen LogP contribution in [0.15, 0.2) is 85.2 Å². The number of fused-ring (bicyclic) bond motifs is 1. The number of aromatic nitrogens is 4. The third-order valence-electron chi connectivity index (χ3n) is 7.51. The number of carboxylic acids is 2. The first-order chi connectivity index (χ1) is 22.6. The molecule has 250 valence electrons. The molecule has 12 nitrogen and oxygen atoms in total. The van der Waals surface area contributed by atoms with Crippen LogP contribution in [-0.2, 0) is 24.5 Å². The topological polar surface area (TPSA) is 149 Å². The Hall–Kier alpha value is -4.65. The van der Waals surface area contributed by atoms with E-state index in [1.807, 2.05) is 6.07 Å². The maximum atomic E-state index is 9.55. The van der Waals surface area contributed by atoms with E-state index in [9.17, 15) is 9.59 Å². The summed E-state index contributed by atoms with van der Waals surface area (Å²) in [6.45, 7) is 11.0. The second-order valence-electron chi connectivity index (χ2n) is 12.1. The van der Waals surface area contributed by atoms with Crippen molar-refractivity contribution in [1.82, 2.24) is 24.7 Å². The molecule has 0 aliphatic carbocycles. The average molecular weight is 646 g/mol. The molecule has 47 heavy (non-hydrogen) atoms. The van der Waals surface area contributed by atoms with E-state index in [1.165, 1.54) is 22.1 Å². The van der Waals surface area contributed by atoms with Gasteiger partial charge in [-0.15, -0.1) is 14.8 Å². The summed E-state index contributed by atoms with van der Waals surface area (Å²) in [6, 6.07) is 23.0. The molecule has 2 aromatic heterocycles. The Morgan fingerprint density at radius 2 is 1.51 bits per heavy atom. The molecule has 5 rings (SSSR count). The Balaban J connectivity index is 0.000000555. The molecular formula is C35H43N5O7. The summed E-state index contributed by atoms with van der Waals surface area (Å²) in [5.41, 5.74) is 4.01. The van der Waals surface area contributed by atoms with E-state index in [0.29, 0.717) is 43.5 Å². The number of piperidine rings is 1. The minimum atomic E-state index is -1.26. The smallest absolute Gasteiger partial charge is 0.328 e. The zero-order valence-corrected chi connectivity index (χ0v) is 27.1. The average Bonchev–Trinajstić information content (AvgIpc) is 3.53. The van der Waals surface area contributed by atoms with E-state index in [1.54, 1.807) is 0 Å². The summed E-state index contributed by atoms with van der Waals surface area (Å²) in [5.74, 6) is -1.93. The molecule has 0 bridgehead atoms. The summed E-state index contributed by atoms with van der Waals surface area (Å²) in [7, 11) is 0. The van der Waals surface area contributed by atoms with Crippen molar-refractivity contribution >= 4 is 17.6 Å². The maximum absolute atomic E-state index is 9.55. The Bertz CT molecular complexity index is 1520. The SMILES string of the molecule is CC(C)(C)c1cc2ncnn2nc1OCCOCCN1CCC(OC(c2ccccc2)c2ccccc2)CC1.O=C(O)C=CC(=O)O. The number of rotatable bonds is 13. The fraction of sp³-hybridized carbons (Fsp3) is 0.400. The molecule has 0 radical (unpaired) electrons. The van der Waals surface area contributed by atoms with Crippen LogP contribution in [0.2, 0.25) is 0 Å². The predicted molar refractivity (Wildman–Crippen MR) is 175 cm³/mol. The predicted octanol–water partition coefficient (Wildman–Crippen LogP) is 4.80. The highest BCUT2D eigenvalue weighted by Crippen LogP contribution is 2.31. The minimum absolute atomic E-state index is 0.0363. The minimum Gasteiger partial charge on any atom is -0.478 e. The van der Waals surface area contributed by atoms with E-state index in [0.717, 1.165) is 38.0 Å². The lowest BCUT2D eigenvalue weighted by Gasteiger charge is -2.34. The van der Waals surface area contributed by atoms with Gasteiger partial charge >= 0.3 is 11.9 Å². The fourth-order valence-electron chi connectivity index (χ4n) is 5.09. The Morgan fingerprint density at radius 1 is 0.915 bits per heavy atom. The number of hydrogen-bond donors (Lipinski definition) is 2. The van der Waals surface area contributed by atoms with Gasteiger partial charge in [-0.25, -0.2) is 14.6 Å². The van der Waals surface area contributed by atoms with Crippen LogP contribution in [0.5, 0.6) is 5.88 Å². The molecule has 0 unspecified atom stereocenters. The molecule has 0 spiro atoms. The van der Waals surface area contributed by atoms with Crippen LogP contribution in [0, 0.1) is 0 Å². The molecule has 2 N–H and O–H groups in total. The van der Waals surface area contributed by atoms with Gasteiger partial charge in [0, 0.05) is 37.3 Å². The van der Waals surface area contributed by atoms with Gasteiger partial charge in [0.25, 0.3) is 0 Å². The molecule has 1 aliphatic rings. The monoisotopic (exact) mass is 645 g/mol. The third-order valence-corrected chi connectivity index (χ3v) is 7.51. The lowest BCUT2D eigenvalue weighted by Crippen LogP contribution is -2.39. The van der Waals surface area contributed by atoms with E-state index < -0.39 is 11.9 Å². The number of ether oxygens (including phenoxy) is 3. The molecule has 0 amide bonds. The lowest BCUT2D eigenvalue weighted by atomic mass is 9.88. The number of hydrogen-bond acceptors (Lipinski definition) is 9. The van der Waals surface area contributed by atoms with Crippen molar-refractivity contribution in [2.24, 2.45) is 0 Å². The van der Waals surface area contributed by atoms with E-state index >= 15 is 0 Å². The second-order valence-corrected chi connectivity index (χ2v) is 12.1. The van der Waals surface area contributed by atoms with Crippen molar-refractivity contribution in [3.8, 4) is 5.88 Å². The Labute approximate surface area is 274 Å². The molecule has 2 aromatic carbocycles. The second kappa shape index (κ2) is 17.3. The van der Waals surface area contributed by atoms with Gasteiger partial charge in [-0.1, -0.05) is 81.4 Å². The van der Waals surface area contributed by atoms with Gasteiger partial charge in [0.1, 0.15) is 19.0 Å². The number of aliphatic carboxylic acids is 2. The van der Waals surface area contributed by atoms with Crippen molar-refractivity contribution in [2.75, 3.05) is 39.5 Å². The molecule has 1 saturated heterocycles. The zero-order valence-electron chi connectivity index (χ0n) is 27.1. The first kappa shape index (κ1) is 35.2. The van der Waals surface area contributed by atoms with Gasteiger partial charge in [-0.2, -0.15) is 0 Å². The number of nitrogens with zero attached hydrogens (tertiary/aromatic N) is 5. The summed E-state index contributed by atoms with van der Waals surface area (Å²) in [4.78, 5) is 25.8. The lowest BCUT2D eigenvalue weighted by molar-refractivity contribution is -0.134. The number of carbonyl (C=O) groups is 2. The van der Waals surface area contributed by atoms with Gasteiger partial charge in [0.15, 0.2) is 5.65 Å². The van der Waals surface area contributed by atoms with Crippen LogP contribution >= 0.6 is 0 Å². The van der Waals surface area contributed by atoms with Crippen LogP contribution in [0.3, 0.4) is 0 Å². The van der Waals surface area contributed by atoms with E-state index in [2.05, 4.69) is 102 Å². The summed E-state index contributed by atoms with van der Waals surface area (Å²) >= 11 is 0. The molecule has 0 atom stereocenters. The summed E-state index contributed by atoms with van der Waals surface area (Å²) in [6.07, 6.45) is 4.86. The van der Waals surface area contributed by atoms with Crippen LogP contribution in [0.1, 0.15) is 56.4 Å². The van der Waals surface area contributed by atoms with Crippen LogP contribution in [-0.4, -0.2) is 92.4 Å². The highest BCUT2D eigenvalue weighted by atomic mass is 16.5.